The highest BCUT2D eigenvalue weighted by Crippen LogP contribution is 2.38. The average Bonchev–Trinajstić information content (AvgIpc) is 2.18. The molecule has 0 N–H and O–H groups in total. The number of dihydropyridines is 1. The van der Waals surface area contributed by atoms with E-state index in [9.17, 15) is 0 Å². The van der Waals surface area contributed by atoms with E-state index in [4.69, 9.17) is 0 Å². The number of rotatable bonds is 0. The van der Waals surface area contributed by atoms with Gasteiger partial charge >= 0.3 is 0 Å². The highest BCUT2D eigenvalue weighted by atomic mass is 14.8. The molecular weight excluding hydrogens is 170 g/mol. The zero-order valence-electron chi connectivity index (χ0n) is 8.07. The van der Waals surface area contributed by atoms with E-state index in [1.807, 2.05) is 6.92 Å². The van der Waals surface area contributed by atoms with Gasteiger partial charge < -0.3 is 0 Å². The molecule has 1 atom stereocenters. The Balaban J connectivity index is 2.23. The molecule has 14 heavy (non-hydrogen) atoms. The van der Waals surface area contributed by atoms with E-state index >= 15 is 0 Å². The third-order valence-corrected chi connectivity index (χ3v) is 2.78. The fourth-order valence-corrected chi connectivity index (χ4v) is 2.21. The Labute approximate surface area is 83.5 Å². The van der Waals surface area contributed by atoms with Crippen LogP contribution >= 0.6 is 0 Å². The van der Waals surface area contributed by atoms with Crippen LogP contribution in [0.15, 0.2) is 64.4 Å². The smallest absolute Gasteiger partial charge is 0.0525 e. The van der Waals surface area contributed by atoms with Crippen LogP contribution in [0.5, 0.6) is 0 Å². The molecule has 1 heterocycles. The molecule has 0 radical (unpaired) electrons. The van der Waals surface area contributed by atoms with Crippen molar-refractivity contribution in [2.45, 2.75) is 6.92 Å². The maximum atomic E-state index is 4.56. The molecule has 0 bridgehead atoms. The lowest BCUT2D eigenvalue weighted by Crippen LogP contribution is -2.17. The van der Waals surface area contributed by atoms with Crippen molar-refractivity contribution in [2.24, 2.45) is 10.9 Å². The first kappa shape index (κ1) is 7.74. The zero-order valence-corrected chi connectivity index (χ0v) is 8.07. The van der Waals surface area contributed by atoms with Crippen LogP contribution in [0.25, 0.3) is 0 Å². The summed E-state index contributed by atoms with van der Waals surface area (Å²) in [6.45, 7) is 2.05. The molecule has 0 aromatic rings. The first-order valence-electron chi connectivity index (χ1n) is 4.88. The topological polar surface area (TPSA) is 12.4 Å². The van der Waals surface area contributed by atoms with Crippen LogP contribution in [0.2, 0.25) is 0 Å². The van der Waals surface area contributed by atoms with Gasteiger partial charge in [0.15, 0.2) is 0 Å². The second-order valence-corrected chi connectivity index (χ2v) is 3.81. The van der Waals surface area contributed by atoms with E-state index < -0.39 is 0 Å². The molecule has 0 aromatic heterocycles. The van der Waals surface area contributed by atoms with E-state index in [2.05, 4.69) is 47.5 Å². The molecule has 68 valence electrons. The van der Waals surface area contributed by atoms with Crippen LogP contribution in [0, 0.1) is 5.92 Å². The van der Waals surface area contributed by atoms with Gasteiger partial charge in [-0.3, -0.25) is 4.99 Å². The summed E-state index contributed by atoms with van der Waals surface area (Å²) < 4.78 is 0. The van der Waals surface area contributed by atoms with E-state index in [1.54, 1.807) is 0 Å². The van der Waals surface area contributed by atoms with Gasteiger partial charge in [0, 0.05) is 5.71 Å². The van der Waals surface area contributed by atoms with Crippen LogP contribution < -0.4 is 0 Å². The molecule has 3 aliphatic rings. The molecule has 0 spiro atoms. The van der Waals surface area contributed by atoms with Crippen LogP contribution in [0.4, 0.5) is 0 Å². The van der Waals surface area contributed by atoms with E-state index in [0.717, 1.165) is 5.71 Å². The summed E-state index contributed by atoms with van der Waals surface area (Å²) in [5.74, 6) is 0.397. The minimum absolute atomic E-state index is 0.397. The van der Waals surface area contributed by atoms with Crippen molar-refractivity contribution in [1.29, 1.82) is 0 Å². The van der Waals surface area contributed by atoms with Gasteiger partial charge in [-0.1, -0.05) is 30.4 Å². The first-order chi connectivity index (χ1) is 6.84. The maximum Gasteiger partial charge on any atom is 0.0525 e. The Morgan fingerprint density at radius 2 is 1.86 bits per heavy atom. The molecule has 0 fully saturated rings. The summed E-state index contributed by atoms with van der Waals surface area (Å²) in [6, 6.07) is 0. The lowest BCUT2D eigenvalue weighted by Gasteiger charge is -2.28. The fourth-order valence-electron chi connectivity index (χ4n) is 2.21. The van der Waals surface area contributed by atoms with Gasteiger partial charge in [-0.05, 0) is 30.2 Å². The SMILES string of the molecule is CC1=NC2=CC=CC3=CC=CC(=C1)C32. The Bertz CT molecular complexity index is 465. The lowest BCUT2D eigenvalue weighted by molar-refractivity contribution is 0.836. The van der Waals surface area contributed by atoms with E-state index in [1.165, 1.54) is 16.8 Å². The highest BCUT2D eigenvalue weighted by Gasteiger charge is 2.26. The highest BCUT2D eigenvalue weighted by molar-refractivity contribution is 5.96. The van der Waals surface area contributed by atoms with Gasteiger partial charge in [0.2, 0.25) is 0 Å². The first-order valence-corrected chi connectivity index (χ1v) is 4.88. The van der Waals surface area contributed by atoms with Crippen LogP contribution in [0.3, 0.4) is 0 Å². The average molecular weight is 181 g/mol. The molecule has 0 saturated carbocycles. The summed E-state index contributed by atoms with van der Waals surface area (Å²) in [7, 11) is 0. The molecule has 1 unspecified atom stereocenters. The lowest BCUT2D eigenvalue weighted by atomic mass is 9.80. The monoisotopic (exact) mass is 181 g/mol. The Morgan fingerprint density at radius 3 is 2.79 bits per heavy atom. The summed E-state index contributed by atoms with van der Waals surface area (Å²) in [5.41, 5.74) is 5.00. The van der Waals surface area contributed by atoms with Crippen molar-refractivity contribution in [1.82, 2.24) is 0 Å². The van der Waals surface area contributed by atoms with Crippen LogP contribution in [-0.4, -0.2) is 5.71 Å². The van der Waals surface area contributed by atoms with Crippen LogP contribution in [-0.2, 0) is 0 Å². The number of hydrogen-bond donors (Lipinski definition) is 0. The number of hydrogen-bond acceptors (Lipinski definition) is 1. The Morgan fingerprint density at radius 1 is 1.07 bits per heavy atom. The zero-order chi connectivity index (χ0) is 9.54. The number of nitrogens with zero attached hydrogens (tertiary/aromatic N) is 1. The molecule has 2 aliphatic carbocycles. The van der Waals surface area contributed by atoms with Crippen LogP contribution in [0.1, 0.15) is 6.92 Å². The second kappa shape index (κ2) is 2.68. The summed E-state index contributed by atoms with van der Waals surface area (Å²) in [4.78, 5) is 4.56. The third-order valence-electron chi connectivity index (χ3n) is 2.78. The number of aliphatic imine (C=N–C) groups is 1. The van der Waals surface area contributed by atoms with Crippen molar-refractivity contribution in [3.8, 4) is 0 Å². The quantitative estimate of drug-likeness (QED) is 0.545. The van der Waals surface area contributed by atoms with Crippen molar-refractivity contribution in [3.05, 3.63) is 59.4 Å². The summed E-state index contributed by atoms with van der Waals surface area (Å²) in [6.07, 6.45) is 15.0. The molecule has 0 saturated heterocycles. The molecule has 1 aliphatic heterocycles. The van der Waals surface area contributed by atoms with E-state index in [0.29, 0.717) is 5.92 Å². The molecule has 0 amide bonds. The Hall–Kier alpha value is -1.63. The van der Waals surface area contributed by atoms with Crippen molar-refractivity contribution in [2.75, 3.05) is 0 Å². The summed E-state index contributed by atoms with van der Waals surface area (Å²) in [5, 5.41) is 0. The van der Waals surface area contributed by atoms with Gasteiger partial charge in [-0.15, -0.1) is 0 Å². The van der Waals surface area contributed by atoms with Gasteiger partial charge in [-0.2, -0.15) is 0 Å². The standard InChI is InChI=1S/C13H11N/c1-9-8-11-6-2-4-10-5-3-7-12(14-9)13(10)11/h2-8,13H,1H3. The molecule has 3 rings (SSSR count). The van der Waals surface area contributed by atoms with Gasteiger partial charge in [0.05, 0.1) is 11.6 Å². The predicted octanol–water partition coefficient (Wildman–Crippen LogP) is 2.95. The molecule has 1 heteroatoms. The second-order valence-electron chi connectivity index (χ2n) is 3.81. The minimum Gasteiger partial charge on any atom is -0.257 e. The molecule has 0 aromatic carbocycles. The fraction of sp³-hybridized carbons (Fsp3) is 0.154. The third kappa shape index (κ3) is 0.987. The normalized spacial score (nSPS) is 27.4. The Kier molecular flexibility index (Phi) is 1.48. The van der Waals surface area contributed by atoms with Gasteiger partial charge in [0.25, 0.3) is 0 Å². The van der Waals surface area contributed by atoms with Gasteiger partial charge in [-0.25, -0.2) is 0 Å². The number of allylic oxidation sites excluding steroid dienone is 8. The minimum atomic E-state index is 0.397. The van der Waals surface area contributed by atoms with Crippen molar-refractivity contribution >= 4 is 5.71 Å². The molecular formula is C13H11N. The predicted molar refractivity (Wildman–Crippen MR) is 59.1 cm³/mol. The molecule has 1 nitrogen and oxygen atoms in total. The van der Waals surface area contributed by atoms with E-state index in [-0.39, 0.29) is 0 Å². The van der Waals surface area contributed by atoms with Crippen molar-refractivity contribution in [3.63, 3.8) is 0 Å². The summed E-state index contributed by atoms with van der Waals surface area (Å²) >= 11 is 0. The maximum absolute atomic E-state index is 4.56. The van der Waals surface area contributed by atoms with Gasteiger partial charge in [0.1, 0.15) is 0 Å². The van der Waals surface area contributed by atoms with Crippen molar-refractivity contribution < 1.29 is 0 Å². The largest absolute Gasteiger partial charge is 0.257 e.